The molecule has 4 radical (unpaired) electrons. The molecule has 0 fully saturated rings. The topological polar surface area (TPSA) is 74.6 Å². The number of carboxylic acid groups (broad SMARTS) is 2. The van der Waals surface area contributed by atoms with Gasteiger partial charge >= 0.3 is 11.9 Å². The van der Waals surface area contributed by atoms with E-state index in [0.717, 1.165) is 0 Å². The van der Waals surface area contributed by atoms with Gasteiger partial charge in [-0.1, -0.05) is 0 Å². The molecule has 0 aromatic carbocycles. The first kappa shape index (κ1) is 15.6. The van der Waals surface area contributed by atoms with Crippen molar-refractivity contribution in [3.63, 3.8) is 0 Å². The van der Waals surface area contributed by atoms with Crippen LogP contribution in [0.15, 0.2) is 0 Å². The monoisotopic (exact) mass is 108 g/mol. The van der Waals surface area contributed by atoms with Crippen molar-refractivity contribution >= 4 is 39.2 Å². The zero-order chi connectivity index (χ0) is 5.15. The minimum Gasteiger partial charge on any atom is -0.473 e. The molecular weight excluding hydrogens is 106 g/mol. The van der Waals surface area contributed by atoms with Gasteiger partial charge in [0.2, 0.25) is 0 Å². The molecule has 0 aliphatic heterocycles. The van der Waals surface area contributed by atoms with E-state index >= 15 is 0 Å². The van der Waals surface area contributed by atoms with E-state index < -0.39 is 11.9 Å². The van der Waals surface area contributed by atoms with Gasteiger partial charge in [0, 0.05) is 27.3 Å². The summed E-state index contributed by atoms with van der Waals surface area (Å²) < 4.78 is 0. The van der Waals surface area contributed by atoms with Crippen LogP contribution in [0, 0.1) is 0 Å². The smallest absolute Gasteiger partial charge is 0.414 e. The van der Waals surface area contributed by atoms with E-state index in [1.165, 1.54) is 0 Å². The maximum atomic E-state index is 9.10. The summed E-state index contributed by atoms with van der Waals surface area (Å²) in [5, 5.41) is 14.8. The minimum atomic E-state index is -1.82. The summed E-state index contributed by atoms with van der Waals surface area (Å²) in [6.45, 7) is 0. The van der Waals surface area contributed by atoms with Gasteiger partial charge in [-0.15, -0.1) is 0 Å². The van der Waals surface area contributed by atoms with Crippen LogP contribution in [0.5, 0.6) is 0 Å². The molecule has 0 spiro atoms. The third-order valence-electron chi connectivity index (χ3n) is 0.183. The molecule has 2 N–H and O–H groups in total. The summed E-state index contributed by atoms with van der Waals surface area (Å²) in [5.74, 6) is -3.65. The van der Waals surface area contributed by atoms with Crippen molar-refractivity contribution in [2.75, 3.05) is 0 Å². The number of carboxylic acids is 2. The fraction of sp³-hybridized carbons (Fsp3) is 0. The van der Waals surface area contributed by atoms with Gasteiger partial charge in [-0.25, -0.2) is 9.59 Å². The Morgan fingerprint density at radius 2 is 1.12 bits per heavy atom. The van der Waals surface area contributed by atoms with Crippen molar-refractivity contribution in [1.29, 1.82) is 0 Å². The van der Waals surface area contributed by atoms with Crippen molar-refractivity contribution in [3.05, 3.63) is 0 Å². The van der Waals surface area contributed by atoms with Gasteiger partial charge in [0.25, 0.3) is 0 Å². The van der Waals surface area contributed by atoms with Crippen LogP contribution in [0.1, 0.15) is 0 Å². The van der Waals surface area contributed by atoms with Gasteiger partial charge < -0.3 is 10.2 Å². The Kier molecular flexibility index (Phi) is 12.9. The average Bonchev–Trinajstić information content (AvgIpc) is 1.36. The molecule has 4 nitrogen and oxygen atoms in total. The predicted octanol–water partition coefficient (Wildman–Crippen LogP) is -1.61. The first-order valence-electron chi connectivity index (χ1n) is 1.11. The second-order valence-corrected chi connectivity index (χ2v) is 0.610. The maximum absolute atomic E-state index is 9.10. The van der Waals surface area contributed by atoms with Crippen LogP contribution in [-0.2, 0) is 9.59 Å². The fourth-order valence-corrected chi connectivity index (χ4v) is 0. The van der Waals surface area contributed by atoms with Gasteiger partial charge in [-0.2, -0.15) is 0 Å². The van der Waals surface area contributed by atoms with Gasteiger partial charge in [-0.05, 0) is 0 Å². The summed E-state index contributed by atoms with van der Waals surface area (Å²) in [5.41, 5.74) is 0. The number of hydrogen-bond acceptors (Lipinski definition) is 2. The van der Waals surface area contributed by atoms with Gasteiger partial charge in [-0.3, -0.25) is 0 Å². The van der Waals surface area contributed by atoms with E-state index in [0.29, 0.717) is 0 Å². The second kappa shape index (κ2) is 6.60. The van der Waals surface area contributed by atoms with E-state index in [-0.39, 0.29) is 27.3 Å². The number of carbonyl (C=O) groups is 2. The van der Waals surface area contributed by atoms with E-state index in [1.807, 2.05) is 0 Å². The first-order valence-corrected chi connectivity index (χ1v) is 1.11. The molecule has 0 aliphatic carbocycles. The molecule has 0 saturated heterocycles. The predicted molar refractivity (Wildman–Crippen MR) is 26.8 cm³/mol. The zero-order valence-electron chi connectivity index (χ0n) is 4.29. The van der Waals surface area contributed by atoms with Crippen molar-refractivity contribution in [2.24, 2.45) is 0 Å². The Bertz CT molecular complexity index is 80.0. The molecule has 0 atom stereocenters. The molecule has 0 rings (SSSR count). The molecule has 6 heteroatoms. The fourth-order valence-electron chi connectivity index (χ4n) is 0. The molecule has 0 saturated carbocycles. The van der Waals surface area contributed by atoms with Crippen LogP contribution >= 0.6 is 0 Å². The van der Waals surface area contributed by atoms with Crippen LogP contribution in [-0.4, -0.2) is 49.4 Å². The van der Waals surface area contributed by atoms with Crippen molar-refractivity contribution in [2.45, 2.75) is 0 Å². The van der Waals surface area contributed by atoms with Crippen LogP contribution in [0.2, 0.25) is 0 Å². The molecule has 8 heavy (non-hydrogen) atoms. The van der Waals surface area contributed by atoms with Crippen LogP contribution < -0.4 is 0 Å². The van der Waals surface area contributed by atoms with Gasteiger partial charge in [0.1, 0.15) is 0 Å². The molecule has 0 aromatic rings. The van der Waals surface area contributed by atoms with Crippen LogP contribution in [0.3, 0.4) is 0 Å². The van der Waals surface area contributed by atoms with E-state index in [4.69, 9.17) is 19.8 Å². The summed E-state index contributed by atoms with van der Waals surface area (Å²) in [7, 11) is 0. The summed E-state index contributed by atoms with van der Waals surface area (Å²) in [4.78, 5) is 18.2. The third-order valence-corrected chi connectivity index (χ3v) is 0.183. The summed E-state index contributed by atoms with van der Waals surface area (Å²) in [6.07, 6.45) is 0. The maximum Gasteiger partial charge on any atom is 0.414 e. The van der Waals surface area contributed by atoms with E-state index in [2.05, 4.69) is 0 Å². The van der Waals surface area contributed by atoms with Crippen LogP contribution in [0.4, 0.5) is 0 Å². The largest absolute Gasteiger partial charge is 0.473 e. The number of rotatable bonds is 0. The van der Waals surface area contributed by atoms with Gasteiger partial charge in [0.15, 0.2) is 0 Å². The zero-order valence-corrected chi connectivity index (χ0v) is 4.29. The molecule has 0 amide bonds. The molecule has 0 unspecified atom stereocenters. The Morgan fingerprint density at radius 3 is 1.12 bits per heavy atom. The molecule has 0 aliphatic rings. The standard InChI is InChI=1S/C2H2O4.B.Li/c3-1(4)2(5)6;;/h(H,3,4)(H,5,6);;. The Balaban J connectivity index is -0.000000125. The summed E-state index contributed by atoms with van der Waals surface area (Å²) >= 11 is 0. The molecule has 0 aromatic heterocycles. The SMILES string of the molecule is O=C(O)C(=O)O.[B].[Li]. The molecule has 0 bridgehead atoms. The second-order valence-electron chi connectivity index (χ2n) is 0.610. The first-order chi connectivity index (χ1) is 2.64. The summed E-state index contributed by atoms with van der Waals surface area (Å²) in [6, 6.07) is 0. The third kappa shape index (κ3) is 9.14. The van der Waals surface area contributed by atoms with Crippen molar-refractivity contribution in [3.8, 4) is 0 Å². The van der Waals surface area contributed by atoms with E-state index in [1.54, 1.807) is 0 Å². The Labute approximate surface area is 59.6 Å². The number of hydrogen-bond donors (Lipinski definition) is 2. The molecule has 0 heterocycles. The minimum absolute atomic E-state index is 0. The van der Waals surface area contributed by atoms with E-state index in [9.17, 15) is 0 Å². The average molecular weight is 108 g/mol. The number of aliphatic carboxylic acids is 2. The van der Waals surface area contributed by atoms with Crippen LogP contribution in [0.25, 0.3) is 0 Å². The quantitative estimate of drug-likeness (QED) is 0.289. The molecular formula is C2H2BLiO4. The van der Waals surface area contributed by atoms with Gasteiger partial charge in [0.05, 0.1) is 0 Å². The normalized spacial score (nSPS) is 5.50. The van der Waals surface area contributed by atoms with Crippen molar-refractivity contribution < 1.29 is 19.8 Å². The van der Waals surface area contributed by atoms with Crippen molar-refractivity contribution in [1.82, 2.24) is 0 Å². The Hall–Kier alpha value is -0.398. The Morgan fingerprint density at radius 1 is 1.00 bits per heavy atom. The molecule has 38 valence electrons.